The molecule has 174 valence electrons. The van der Waals surface area contributed by atoms with Gasteiger partial charge in [0, 0.05) is 31.7 Å². The first-order valence-corrected chi connectivity index (χ1v) is 12.3. The van der Waals surface area contributed by atoms with Crippen LogP contribution in [0, 0.1) is 11.3 Å². The zero-order valence-corrected chi connectivity index (χ0v) is 20.1. The Kier molecular flexibility index (Phi) is 7.92. The lowest BCUT2D eigenvalue weighted by molar-refractivity contribution is -0.0440. The summed E-state index contributed by atoms with van der Waals surface area (Å²) in [6.07, 6.45) is 1.11. The Morgan fingerprint density at radius 2 is 1.88 bits per heavy atom. The highest BCUT2D eigenvalue weighted by Gasteiger charge is 2.34. The molecule has 0 aromatic heterocycles. The maximum absolute atomic E-state index is 13.3. The van der Waals surface area contributed by atoms with Crippen LogP contribution in [-0.4, -0.2) is 55.4 Å². The molecule has 1 heterocycles. The average molecular weight is 488 g/mol. The number of carbonyl (C=O) groups is 1. The fourth-order valence-corrected chi connectivity index (χ4v) is 5.85. The first-order chi connectivity index (χ1) is 15.6. The molecule has 1 aliphatic heterocycles. The SMILES string of the molecule is C=CCN(Cc1ccc(C#N)cc1)C(=O)c1ccc(Cl)c(S(=O)(=O)N2CC(C)OC(C)C2)c1. The maximum atomic E-state index is 13.3. The Hall–Kier alpha value is -2.70. The molecular weight excluding hydrogens is 462 g/mol. The highest BCUT2D eigenvalue weighted by atomic mass is 35.5. The second kappa shape index (κ2) is 10.5. The number of rotatable bonds is 7. The van der Waals surface area contributed by atoms with E-state index in [2.05, 4.69) is 12.6 Å². The van der Waals surface area contributed by atoms with Gasteiger partial charge in [-0.2, -0.15) is 9.57 Å². The first-order valence-electron chi connectivity index (χ1n) is 10.5. The van der Waals surface area contributed by atoms with Gasteiger partial charge in [-0.1, -0.05) is 29.8 Å². The maximum Gasteiger partial charge on any atom is 0.254 e. The van der Waals surface area contributed by atoms with Crippen molar-refractivity contribution in [2.75, 3.05) is 19.6 Å². The van der Waals surface area contributed by atoms with Crippen molar-refractivity contribution in [1.82, 2.24) is 9.21 Å². The van der Waals surface area contributed by atoms with E-state index in [4.69, 9.17) is 21.6 Å². The summed E-state index contributed by atoms with van der Waals surface area (Å²) in [5.74, 6) is -0.351. The summed E-state index contributed by atoms with van der Waals surface area (Å²) in [5.41, 5.74) is 1.57. The number of amides is 1. The molecule has 0 spiro atoms. The highest BCUT2D eigenvalue weighted by molar-refractivity contribution is 7.89. The van der Waals surface area contributed by atoms with E-state index in [0.717, 1.165) is 5.56 Å². The molecule has 0 N–H and O–H groups in total. The number of morpholine rings is 1. The number of nitrogens with zero attached hydrogens (tertiary/aromatic N) is 3. The van der Waals surface area contributed by atoms with Crippen molar-refractivity contribution in [3.63, 3.8) is 0 Å². The minimum Gasteiger partial charge on any atom is -0.373 e. The van der Waals surface area contributed by atoms with Gasteiger partial charge in [-0.15, -0.1) is 6.58 Å². The van der Waals surface area contributed by atoms with Crippen molar-refractivity contribution in [2.45, 2.75) is 37.5 Å². The molecule has 7 nitrogen and oxygen atoms in total. The molecule has 2 unspecified atom stereocenters. The largest absolute Gasteiger partial charge is 0.373 e. The number of hydrogen-bond acceptors (Lipinski definition) is 5. The van der Waals surface area contributed by atoms with Crippen molar-refractivity contribution in [1.29, 1.82) is 5.26 Å². The van der Waals surface area contributed by atoms with E-state index in [0.29, 0.717) is 5.56 Å². The van der Waals surface area contributed by atoms with Crippen LogP contribution in [0.5, 0.6) is 0 Å². The third kappa shape index (κ3) is 5.81. The van der Waals surface area contributed by atoms with Crippen LogP contribution in [-0.2, 0) is 21.3 Å². The van der Waals surface area contributed by atoms with Crippen molar-refractivity contribution < 1.29 is 17.9 Å². The fraction of sp³-hybridized carbons (Fsp3) is 0.333. The molecule has 1 amide bonds. The fourth-order valence-electron chi connectivity index (χ4n) is 3.76. The minimum atomic E-state index is -3.92. The number of sulfonamides is 1. The molecule has 3 rings (SSSR count). The summed E-state index contributed by atoms with van der Waals surface area (Å²) in [6.45, 7) is 8.32. The third-order valence-electron chi connectivity index (χ3n) is 5.28. The highest BCUT2D eigenvalue weighted by Crippen LogP contribution is 2.28. The van der Waals surface area contributed by atoms with Gasteiger partial charge < -0.3 is 9.64 Å². The van der Waals surface area contributed by atoms with Crippen LogP contribution in [0.25, 0.3) is 0 Å². The lowest BCUT2D eigenvalue weighted by Crippen LogP contribution is -2.48. The Balaban J connectivity index is 1.90. The smallest absolute Gasteiger partial charge is 0.254 e. The average Bonchev–Trinajstić information content (AvgIpc) is 2.78. The van der Waals surface area contributed by atoms with Gasteiger partial charge in [0.2, 0.25) is 10.0 Å². The van der Waals surface area contributed by atoms with Crippen molar-refractivity contribution >= 4 is 27.5 Å². The number of halogens is 1. The Bertz CT molecular complexity index is 1170. The van der Waals surface area contributed by atoms with E-state index in [1.807, 2.05) is 13.8 Å². The van der Waals surface area contributed by atoms with Gasteiger partial charge in [-0.25, -0.2) is 8.42 Å². The second-order valence-electron chi connectivity index (χ2n) is 8.01. The quantitative estimate of drug-likeness (QED) is 0.553. The van der Waals surface area contributed by atoms with E-state index in [-0.39, 0.29) is 59.8 Å². The number of benzene rings is 2. The van der Waals surface area contributed by atoms with Crippen LogP contribution in [0.15, 0.2) is 60.0 Å². The lowest BCUT2D eigenvalue weighted by atomic mass is 10.1. The van der Waals surface area contributed by atoms with Crippen molar-refractivity contribution in [2.24, 2.45) is 0 Å². The zero-order valence-electron chi connectivity index (χ0n) is 18.6. The van der Waals surface area contributed by atoms with Crippen molar-refractivity contribution in [3.8, 4) is 6.07 Å². The standard InChI is InChI=1S/C24H26ClN3O4S/c1-4-11-27(16-20-7-5-19(13-26)6-8-20)24(29)21-9-10-22(25)23(12-21)33(30,31)28-14-17(2)32-18(3)15-28/h4-10,12,17-18H,1,11,14-16H2,2-3H3. The van der Waals surface area contributed by atoms with E-state index in [9.17, 15) is 13.2 Å². The predicted octanol–water partition coefficient (Wildman–Crippen LogP) is 3.84. The molecule has 1 aliphatic rings. The van der Waals surface area contributed by atoms with Gasteiger partial charge in [0.25, 0.3) is 5.91 Å². The van der Waals surface area contributed by atoms with E-state index < -0.39 is 10.0 Å². The monoisotopic (exact) mass is 487 g/mol. The Morgan fingerprint density at radius 3 is 2.45 bits per heavy atom. The molecule has 33 heavy (non-hydrogen) atoms. The number of ether oxygens (including phenoxy) is 1. The zero-order chi connectivity index (χ0) is 24.2. The number of nitriles is 1. The molecule has 2 aromatic rings. The van der Waals surface area contributed by atoms with E-state index in [1.165, 1.54) is 22.5 Å². The number of carbonyl (C=O) groups excluding carboxylic acids is 1. The van der Waals surface area contributed by atoms with Crippen LogP contribution >= 0.6 is 11.6 Å². The molecule has 2 atom stereocenters. The van der Waals surface area contributed by atoms with Crippen LogP contribution in [0.2, 0.25) is 5.02 Å². The van der Waals surface area contributed by atoms with Gasteiger partial charge in [0.15, 0.2) is 0 Å². The second-order valence-corrected chi connectivity index (χ2v) is 10.3. The van der Waals surface area contributed by atoms with Crippen LogP contribution in [0.3, 0.4) is 0 Å². The minimum absolute atomic E-state index is 0.0562. The van der Waals surface area contributed by atoms with E-state index in [1.54, 1.807) is 35.2 Å². The van der Waals surface area contributed by atoms with Crippen LogP contribution in [0.1, 0.15) is 35.3 Å². The molecule has 1 fully saturated rings. The normalized spacial score (nSPS) is 19.0. The molecular formula is C24H26ClN3O4S. The van der Waals surface area contributed by atoms with Gasteiger partial charge in [0.1, 0.15) is 4.90 Å². The molecule has 0 radical (unpaired) electrons. The third-order valence-corrected chi connectivity index (χ3v) is 7.59. The molecule has 0 saturated carbocycles. The van der Waals surface area contributed by atoms with Gasteiger partial charge in [0.05, 0.1) is 28.9 Å². The summed E-state index contributed by atoms with van der Waals surface area (Å²) < 4.78 is 33.7. The van der Waals surface area contributed by atoms with E-state index >= 15 is 0 Å². The lowest BCUT2D eigenvalue weighted by Gasteiger charge is -2.34. The summed E-state index contributed by atoms with van der Waals surface area (Å²) in [4.78, 5) is 14.7. The molecule has 1 saturated heterocycles. The van der Waals surface area contributed by atoms with Crippen LogP contribution < -0.4 is 0 Å². The first kappa shape index (κ1) is 24.9. The van der Waals surface area contributed by atoms with Crippen LogP contribution in [0.4, 0.5) is 0 Å². The van der Waals surface area contributed by atoms with Crippen molar-refractivity contribution in [3.05, 3.63) is 76.8 Å². The molecule has 9 heteroatoms. The molecule has 0 aliphatic carbocycles. The van der Waals surface area contributed by atoms with Gasteiger partial charge in [-0.3, -0.25) is 4.79 Å². The summed E-state index contributed by atoms with van der Waals surface area (Å²) in [6, 6.07) is 13.3. The summed E-state index contributed by atoms with van der Waals surface area (Å²) >= 11 is 6.27. The number of hydrogen-bond donors (Lipinski definition) is 0. The summed E-state index contributed by atoms with van der Waals surface area (Å²) in [5, 5.41) is 9.03. The Labute approximate surface area is 199 Å². The molecule has 2 aromatic carbocycles. The predicted molar refractivity (Wildman–Crippen MR) is 126 cm³/mol. The summed E-state index contributed by atoms with van der Waals surface area (Å²) in [7, 11) is -3.92. The molecule has 0 bridgehead atoms. The topological polar surface area (TPSA) is 90.7 Å². The van der Waals surface area contributed by atoms with Gasteiger partial charge >= 0.3 is 0 Å². The van der Waals surface area contributed by atoms with Gasteiger partial charge in [-0.05, 0) is 49.7 Å². The Morgan fingerprint density at radius 1 is 1.24 bits per heavy atom.